The summed E-state index contributed by atoms with van der Waals surface area (Å²) in [4.78, 5) is 42.5. The van der Waals surface area contributed by atoms with E-state index in [9.17, 15) is 28.3 Å². The SMILES string of the molecule is Cc1onc(-c2c(F)cccc2F)c1C(=O)N1CCN(c2cc3c(=O)c(C(=O)O)c4sc5ccccc5n4c3cc2F)CC1. The number of aryl methyl sites for hydroxylation is 1. The number of aromatic nitrogens is 2. The first-order chi connectivity index (χ1) is 21.2. The van der Waals surface area contributed by atoms with E-state index in [1.807, 2.05) is 0 Å². The average Bonchev–Trinajstić information content (AvgIpc) is 3.57. The number of nitrogens with zero attached hydrogens (tertiary/aromatic N) is 4. The molecule has 1 amide bonds. The van der Waals surface area contributed by atoms with Crippen LogP contribution in [0.1, 0.15) is 26.5 Å². The molecule has 0 aliphatic carbocycles. The van der Waals surface area contributed by atoms with Gasteiger partial charge in [0, 0.05) is 37.6 Å². The van der Waals surface area contributed by atoms with Crippen molar-refractivity contribution in [2.45, 2.75) is 6.92 Å². The number of para-hydroxylation sites is 1. The van der Waals surface area contributed by atoms with Gasteiger partial charge in [0.15, 0.2) is 0 Å². The molecule has 0 spiro atoms. The second-order valence-corrected chi connectivity index (χ2v) is 11.4. The number of carbonyl (C=O) groups is 2. The van der Waals surface area contributed by atoms with Gasteiger partial charge in [-0.15, -0.1) is 11.3 Å². The number of benzene rings is 3. The van der Waals surface area contributed by atoms with Gasteiger partial charge in [-0.2, -0.15) is 0 Å². The van der Waals surface area contributed by atoms with Crippen LogP contribution in [0.4, 0.5) is 18.9 Å². The zero-order valence-corrected chi connectivity index (χ0v) is 23.8. The normalized spacial score (nSPS) is 13.8. The molecule has 0 radical (unpaired) electrons. The first kappa shape index (κ1) is 27.7. The molecule has 3 aromatic carbocycles. The van der Waals surface area contributed by atoms with Crippen molar-refractivity contribution in [3.8, 4) is 11.3 Å². The third kappa shape index (κ3) is 4.14. The summed E-state index contributed by atoms with van der Waals surface area (Å²) in [6.45, 7) is 2.04. The Labute approximate surface area is 249 Å². The Hall–Kier alpha value is -5.17. The van der Waals surface area contributed by atoms with Gasteiger partial charge in [-0.05, 0) is 37.3 Å². The molecule has 1 aliphatic rings. The van der Waals surface area contributed by atoms with E-state index in [-0.39, 0.29) is 64.6 Å². The number of piperazine rings is 1. The Morgan fingerprint density at radius 2 is 1.61 bits per heavy atom. The van der Waals surface area contributed by atoms with E-state index in [2.05, 4.69) is 5.16 Å². The number of carboxylic acids is 1. The molecule has 1 N–H and O–H groups in total. The van der Waals surface area contributed by atoms with E-state index >= 15 is 4.39 Å². The lowest BCUT2D eigenvalue weighted by atomic mass is 10.0. The molecule has 0 unspecified atom stereocenters. The summed E-state index contributed by atoms with van der Waals surface area (Å²) in [7, 11) is 0. The van der Waals surface area contributed by atoms with Gasteiger partial charge < -0.3 is 19.4 Å². The highest BCUT2D eigenvalue weighted by Crippen LogP contribution is 2.35. The largest absolute Gasteiger partial charge is 0.477 e. The number of rotatable bonds is 4. The van der Waals surface area contributed by atoms with Crippen LogP contribution in [0.15, 0.2) is 63.9 Å². The van der Waals surface area contributed by atoms with Crippen LogP contribution < -0.4 is 10.3 Å². The average molecular weight is 619 g/mol. The lowest BCUT2D eigenvalue weighted by molar-refractivity contribution is 0.0696. The number of carboxylic acid groups (broad SMARTS) is 1. The molecule has 0 saturated carbocycles. The van der Waals surface area contributed by atoms with Crippen LogP contribution in [0.2, 0.25) is 0 Å². The van der Waals surface area contributed by atoms with Crippen LogP contribution >= 0.6 is 11.3 Å². The Morgan fingerprint density at radius 1 is 0.909 bits per heavy atom. The van der Waals surface area contributed by atoms with Gasteiger partial charge in [0.05, 0.1) is 27.0 Å². The molecular formula is C31H21F3N4O5S. The number of hydrogen-bond donors (Lipinski definition) is 1. The predicted octanol–water partition coefficient (Wildman–Crippen LogP) is 5.71. The maximum Gasteiger partial charge on any atom is 0.342 e. The van der Waals surface area contributed by atoms with E-state index in [1.54, 1.807) is 33.6 Å². The molecule has 222 valence electrons. The van der Waals surface area contributed by atoms with Gasteiger partial charge in [0.25, 0.3) is 5.91 Å². The Bertz CT molecular complexity index is 2210. The second kappa shape index (κ2) is 10.2. The molecule has 1 saturated heterocycles. The third-order valence-electron chi connectivity index (χ3n) is 7.91. The van der Waals surface area contributed by atoms with Crippen molar-refractivity contribution in [2.24, 2.45) is 0 Å². The predicted molar refractivity (Wildman–Crippen MR) is 158 cm³/mol. The van der Waals surface area contributed by atoms with Gasteiger partial charge in [0.1, 0.15) is 44.9 Å². The maximum atomic E-state index is 15.7. The number of anilines is 1. The quantitative estimate of drug-likeness (QED) is 0.270. The molecule has 0 bridgehead atoms. The highest BCUT2D eigenvalue weighted by molar-refractivity contribution is 7.24. The first-order valence-electron chi connectivity index (χ1n) is 13.5. The highest BCUT2D eigenvalue weighted by Gasteiger charge is 2.32. The molecule has 44 heavy (non-hydrogen) atoms. The molecule has 1 fully saturated rings. The van der Waals surface area contributed by atoms with Gasteiger partial charge in [-0.1, -0.05) is 23.4 Å². The molecule has 9 nitrogen and oxygen atoms in total. The van der Waals surface area contributed by atoms with E-state index in [0.717, 1.165) is 28.2 Å². The van der Waals surface area contributed by atoms with Gasteiger partial charge in [-0.25, -0.2) is 18.0 Å². The van der Waals surface area contributed by atoms with Crippen molar-refractivity contribution in [3.63, 3.8) is 0 Å². The number of amides is 1. The fourth-order valence-corrected chi connectivity index (χ4v) is 6.99. The van der Waals surface area contributed by atoms with Gasteiger partial charge in [0.2, 0.25) is 5.43 Å². The zero-order chi connectivity index (χ0) is 30.9. The Balaban J connectivity index is 1.23. The first-order valence-corrected chi connectivity index (χ1v) is 14.3. The summed E-state index contributed by atoms with van der Waals surface area (Å²) in [6.07, 6.45) is 0. The van der Waals surface area contributed by atoms with Gasteiger partial charge in [-0.3, -0.25) is 14.0 Å². The van der Waals surface area contributed by atoms with Crippen molar-refractivity contribution in [1.29, 1.82) is 0 Å². The van der Waals surface area contributed by atoms with Crippen LogP contribution in [0.25, 0.3) is 37.2 Å². The summed E-state index contributed by atoms with van der Waals surface area (Å²) in [5.41, 5.74) is -0.898. The summed E-state index contributed by atoms with van der Waals surface area (Å²) in [5, 5.41) is 13.7. The molecule has 1 aliphatic heterocycles. The number of carbonyl (C=O) groups excluding carboxylic acids is 1. The zero-order valence-electron chi connectivity index (χ0n) is 22.9. The van der Waals surface area contributed by atoms with Crippen molar-refractivity contribution in [3.05, 3.63) is 99.2 Å². The van der Waals surface area contributed by atoms with Crippen LogP contribution in [-0.2, 0) is 0 Å². The van der Waals surface area contributed by atoms with Crippen molar-refractivity contribution in [1.82, 2.24) is 14.5 Å². The van der Waals surface area contributed by atoms with E-state index in [1.165, 1.54) is 30.0 Å². The Kier molecular flexibility index (Phi) is 6.43. The maximum absolute atomic E-state index is 15.7. The molecule has 3 aromatic heterocycles. The van der Waals surface area contributed by atoms with Crippen LogP contribution in [0.5, 0.6) is 0 Å². The number of halogens is 3. The monoisotopic (exact) mass is 618 g/mol. The lowest BCUT2D eigenvalue weighted by Gasteiger charge is -2.36. The molecule has 6 aromatic rings. The molecular weight excluding hydrogens is 597 g/mol. The molecule has 4 heterocycles. The van der Waals surface area contributed by atoms with Crippen molar-refractivity contribution < 1.29 is 32.4 Å². The lowest BCUT2D eigenvalue weighted by Crippen LogP contribution is -2.49. The third-order valence-corrected chi connectivity index (χ3v) is 9.05. The number of fused-ring (bicyclic) bond motifs is 5. The van der Waals surface area contributed by atoms with E-state index in [0.29, 0.717) is 5.52 Å². The Morgan fingerprint density at radius 3 is 2.32 bits per heavy atom. The summed E-state index contributed by atoms with van der Waals surface area (Å²) in [5.74, 6) is -4.22. The summed E-state index contributed by atoms with van der Waals surface area (Å²) >= 11 is 1.15. The van der Waals surface area contributed by atoms with Crippen LogP contribution in [-0.4, -0.2) is 57.6 Å². The number of thiazole rings is 1. The molecule has 0 atom stereocenters. The molecule has 7 rings (SSSR count). The van der Waals surface area contributed by atoms with Crippen molar-refractivity contribution in [2.75, 3.05) is 31.1 Å². The highest BCUT2D eigenvalue weighted by atomic mass is 32.1. The van der Waals surface area contributed by atoms with Crippen LogP contribution in [0, 0.1) is 24.4 Å². The smallest absolute Gasteiger partial charge is 0.342 e. The standard InChI is InChI=1S/C31H21F3N4O5S/c1-15-24(27(35-43-15)25-17(32)5-4-6-18(25)33)29(40)37-11-9-36(10-12-37)22-13-16-21(14-19(22)34)38-20-7-2-3-8-23(20)44-30(38)26(28(16)39)31(41)42/h2-8,13-14H,9-12H2,1H3,(H,41,42). The van der Waals surface area contributed by atoms with E-state index in [4.69, 9.17) is 4.52 Å². The summed E-state index contributed by atoms with van der Waals surface area (Å²) in [6, 6.07) is 13.1. The van der Waals surface area contributed by atoms with Crippen molar-refractivity contribution >= 4 is 54.9 Å². The molecule has 13 heteroatoms. The minimum Gasteiger partial charge on any atom is -0.477 e. The van der Waals surface area contributed by atoms with E-state index < -0.39 is 45.9 Å². The number of hydrogen-bond acceptors (Lipinski definition) is 7. The minimum absolute atomic E-state index is 0.0509. The summed E-state index contributed by atoms with van der Waals surface area (Å²) < 4.78 is 52.3. The number of aromatic carboxylic acids is 1. The fraction of sp³-hybridized carbons (Fsp3) is 0.161. The van der Waals surface area contributed by atoms with Gasteiger partial charge >= 0.3 is 5.97 Å². The second-order valence-electron chi connectivity index (χ2n) is 10.4. The number of pyridine rings is 1. The topological polar surface area (TPSA) is 108 Å². The van der Waals surface area contributed by atoms with Crippen LogP contribution in [0.3, 0.4) is 0 Å². The fourth-order valence-electron chi connectivity index (χ4n) is 5.80. The minimum atomic E-state index is -1.38.